The largest absolute Gasteiger partial charge is 0.480 e. The van der Waals surface area contributed by atoms with Gasteiger partial charge in [0, 0.05) is 18.2 Å². The van der Waals surface area contributed by atoms with E-state index in [0.29, 0.717) is 5.76 Å². The number of hydrogen-bond donors (Lipinski definition) is 4. The fourth-order valence-electron chi connectivity index (χ4n) is 2.70. The van der Waals surface area contributed by atoms with Crippen LogP contribution in [0.3, 0.4) is 0 Å². The Morgan fingerprint density at radius 2 is 1.77 bits per heavy atom. The van der Waals surface area contributed by atoms with E-state index in [-0.39, 0.29) is 22.8 Å². The van der Waals surface area contributed by atoms with Crippen molar-refractivity contribution in [2.75, 3.05) is 10.0 Å². The molecular formula is C20H20N4O6S. The summed E-state index contributed by atoms with van der Waals surface area (Å²) in [5.41, 5.74) is 1.05. The Balaban J connectivity index is 1.61. The molecule has 0 fully saturated rings. The lowest BCUT2D eigenvalue weighted by atomic mass is 10.1. The number of urea groups is 1. The van der Waals surface area contributed by atoms with Gasteiger partial charge in [0.1, 0.15) is 11.8 Å². The number of aliphatic carboxylic acids is 1. The van der Waals surface area contributed by atoms with Crippen LogP contribution in [0, 0.1) is 6.92 Å². The Morgan fingerprint density at radius 1 is 1.10 bits per heavy atom. The molecule has 0 aliphatic carbocycles. The summed E-state index contributed by atoms with van der Waals surface area (Å²) in [6, 6.07) is 13.8. The summed E-state index contributed by atoms with van der Waals surface area (Å²) in [5, 5.41) is 17.8. The molecule has 0 saturated carbocycles. The van der Waals surface area contributed by atoms with Crippen LogP contribution in [0.1, 0.15) is 11.3 Å². The molecule has 0 saturated heterocycles. The molecule has 1 heterocycles. The number of aromatic nitrogens is 1. The van der Waals surface area contributed by atoms with Gasteiger partial charge < -0.3 is 20.3 Å². The Kier molecular flexibility index (Phi) is 6.55. The number of carbonyl (C=O) groups excluding carboxylic acids is 1. The Bertz CT molecular complexity index is 1160. The summed E-state index contributed by atoms with van der Waals surface area (Å²) in [6.45, 7) is 1.63. The fraction of sp³-hybridized carbons (Fsp3) is 0.150. The summed E-state index contributed by atoms with van der Waals surface area (Å²) < 4.78 is 31.9. The van der Waals surface area contributed by atoms with Crippen molar-refractivity contribution >= 4 is 33.5 Å². The Hall–Kier alpha value is -3.86. The number of sulfonamides is 1. The molecule has 4 N–H and O–H groups in total. The van der Waals surface area contributed by atoms with Gasteiger partial charge in [-0.25, -0.2) is 18.0 Å². The average Bonchev–Trinajstić information content (AvgIpc) is 3.12. The fourth-order valence-corrected chi connectivity index (χ4v) is 3.69. The van der Waals surface area contributed by atoms with Crippen LogP contribution in [0.5, 0.6) is 0 Å². The zero-order chi connectivity index (χ0) is 22.4. The third-order valence-corrected chi connectivity index (χ3v) is 5.55. The molecular weight excluding hydrogens is 424 g/mol. The lowest BCUT2D eigenvalue weighted by molar-refractivity contribution is -0.139. The van der Waals surface area contributed by atoms with Gasteiger partial charge >= 0.3 is 12.0 Å². The molecule has 11 heteroatoms. The van der Waals surface area contributed by atoms with Crippen molar-refractivity contribution in [1.82, 2.24) is 10.5 Å². The van der Waals surface area contributed by atoms with Gasteiger partial charge in [0.15, 0.2) is 5.82 Å². The molecule has 1 atom stereocenters. The van der Waals surface area contributed by atoms with Crippen molar-refractivity contribution < 1.29 is 27.6 Å². The summed E-state index contributed by atoms with van der Waals surface area (Å²) in [5.74, 6) is -0.665. The van der Waals surface area contributed by atoms with Crippen molar-refractivity contribution in [3.05, 3.63) is 72.0 Å². The second-order valence-electron chi connectivity index (χ2n) is 6.63. The van der Waals surface area contributed by atoms with Crippen LogP contribution < -0.4 is 15.4 Å². The molecule has 0 bridgehead atoms. The number of amides is 2. The monoisotopic (exact) mass is 444 g/mol. The molecule has 1 aromatic heterocycles. The number of carboxylic acid groups (broad SMARTS) is 1. The van der Waals surface area contributed by atoms with Gasteiger partial charge in [-0.15, -0.1) is 0 Å². The zero-order valence-electron chi connectivity index (χ0n) is 16.4. The van der Waals surface area contributed by atoms with Gasteiger partial charge in [-0.1, -0.05) is 35.5 Å². The minimum atomic E-state index is -3.89. The lowest BCUT2D eigenvalue weighted by Crippen LogP contribution is -2.44. The number of nitrogens with zero attached hydrogens (tertiary/aromatic N) is 1. The smallest absolute Gasteiger partial charge is 0.326 e. The summed E-state index contributed by atoms with van der Waals surface area (Å²) >= 11 is 0. The second kappa shape index (κ2) is 9.30. The van der Waals surface area contributed by atoms with E-state index in [2.05, 4.69) is 20.5 Å². The highest BCUT2D eigenvalue weighted by Crippen LogP contribution is 2.18. The van der Waals surface area contributed by atoms with Crippen LogP contribution in [-0.2, 0) is 21.2 Å². The number of hydrogen-bond acceptors (Lipinski definition) is 6. The van der Waals surface area contributed by atoms with E-state index < -0.39 is 28.1 Å². The summed E-state index contributed by atoms with van der Waals surface area (Å²) in [7, 11) is -3.89. The minimum Gasteiger partial charge on any atom is -0.480 e. The van der Waals surface area contributed by atoms with Crippen LogP contribution in [0.4, 0.5) is 16.3 Å². The highest BCUT2D eigenvalue weighted by Gasteiger charge is 2.21. The van der Waals surface area contributed by atoms with Crippen molar-refractivity contribution in [3.63, 3.8) is 0 Å². The number of carboxylic acids is 1. The minimum absolute atomic E-state index is 0.0494. The maximum absolute atomic E-state index is 12.4. The van der Waals surface area contributed by atoms with E-state index in [1.165, 1.54) is 30.3 Å². The van der Waals surface area contributed by atoms with E-state index in [4.69, 9.17) is 4.52 Å². The molecule has 0 aliphatic heterocycles. The van der Waals surface area contributed by atoms with Gasteiger partial charge in [0.25, 0.3) is 10.0 Å². The third-order valence-electron chi connectivity index (χ3n) is 4.18. The topological polar surface area (TPSA) is 151 Å². The predicted octanol–water partition coefficient (Wildman–Crippen LogP) is 2.60. The molecule has 2 amide bonds. The number of benzene rings is 2. The van der Waals surface area contributed by atoms with Crippen molar-refractivity contribution in [3.8, 4) is 0 Å². The van der Waals surface area contributed by atoms with Gasteiger partial charge in [-0.05, 0) is 36.8 Å². The SMILES string of the molecule is Cc1cc(NS(=O)(=O)c2ccc(NC(=O)N[C@@H](Cc3ccccc3)C(=O)O)cc2)no1. The number of carbonyl (C=O) groups is 2. The van der Waals surface area contributed by atoms with E-state index in [9.17, 15) is 23.1 Å². The van der Waals surface area contributed by atoms with Gasteiger partial charge in [0.05, 0.1) is 4.90 Å². The normalized spacial score (nSPS) is 12.0. The first kappa shape index (κ1) is 21.8. The van der Waals surface area contributed by atoms with E-state index in [0.717, 1.165) is 5.56 Å². The first-order valence-corrected chi connectivity index (χ1v) is 10.6. The van der Waals surface area contributed by atoms with Crippen LogP contribution in [0.15, 0.2) is 70.1 Å². The number of anilines is 2. The maximum Gasteiger partial charge on any atom is 0.326 e. The lowest BCUT2D eigenvalue weighted by Gasteiger charge is -2.15. The first-order chi connectivity index (χ1) is 14.7. The average molecular weight is 444 g/mol. The van der Waals surface area contributed by atoms with E-state index in [1.807, 2.05) is 6.07 Å². The molecule has 162 valence electrons. The number of nitrogens with one attached hydrogen (secondary N) is 3. The van der Waals surface area contributed by atoms with Crippen LogP contribution in [0.25, 0.3) is 0 Å². The highest BCUT2D eigenvalue weighted by molar-refractivity contribution is 7.92. The Labute approximate surface area is 178 Å². The third kappa shape index (κ3) is 6.06. The molecule has 2 aromatic carbocycles. The first-order valence-electron chi connectivity index (χ1n) is 9.13. The molecule has 3 rings (SSSR count). The van der Waals surface area contributed by atoms with Gasteiger partial charge in [0.2, 0.25) is 0 Å². The van der Waals surface area contributed by atoms with Crippen LogP contribution >= 0.6 is 0 Å². The highest BCUT2D eigenvalue weighted by atomic mass is 32.2. The van der Waals surface area contributed by atoms with Crippen LogP contribution in [0.2, 0.25) is 0 Å². The second-order valence-corrected chi connectivity index (χ2v) is 8.31. The molecule has 0 unspecified atom stereocenters. The molecule has 0 spiro atoms. The summed E-state index contributed by atoms with van der Waals surface area (Å²) in [4.78, 5) is 23.6. The van der Waals surface area contributed by atoms with Crippen LogP contribution in [-0.4, -0.2) is 36.7 Å². The molecule has 10 nitrogen and oxygen atoms in total. The van der Waals surface area contributed by atoms with Gasteiger partial charge in [-0.3, -0.25) is 4.72 Å². The number of rotatable bonds is 8. The molecule has 0 aliphatic rings. The molecule has 3 aromatic rings. The molecule has 31 heavy (non-hydrogen) atoms. The maximum atomic E-state index is 12.4. The standard InChI is InChI=1S/C20H20N4O6S/c1-13-11-18(23-30-13)24-31(28,29)16-9-7-15(8-10-16)21-20(27)22-17(19(25)26)12-14-5-3-2-4-6-14/h2-11,17H,12H2,1H3,(H,23,24)(H,25,26)(H2,21,22,27)/t17-/m0/s1. The van der Waals surface area contributed by atoms with E-state index >= 15 is 0 Å². The predicted molar refractivity (Wildman–Crippen MR) is 112 cm³/mol. The van der Waals surface area contributed by atoms with E-state index in [1.54, 1.807) is 31.2 Å². The van der Waals surface area contributed by atoms with Crippen molar-refractivity contribution in [2.24, 2.45) is 0 Å². The zero-order valence-corrected chi connectivity index (χ0v) is 17.2. The number of aryl methyl sites for hydroxylation is 1. The summed E-state index contributed by atoms with van der Waals surface area (Å²) in [6.07, 6.45) is 0.119. The van der Waals surface area contributed by atoms with Gasteiger partial charge in [-0.2, -0.15) is 0 Å². The molecule has 0 radical (unpaired) electrons. The van der Waals surface area contributed by atoms with Crippen molar-refractivity contribution in [1.29, 1.82) is 0 Å². The quantitative estimate of drug-likeness (QED) is 0.417. The van der Waals surface area contributed by atoms with Crippen molar-refractivity contribution in [2.45, 2.75) is 24.3 Å². The Morgan fingerprint density at radius 3 is 2.35 bits per heavy atom.